The van der Waals surface area contributed by atoms with Crippen LogP contribution in [0, 0.1) is 0 Å². The van der Waals surface area contributed by atoms with Crippen molar-refractivity contribution in [3.05, 3.63) is 42.0 Å². The molecule has 0 atom stereocenters. The summed E-state index contributed by atoms with van der Waals surface area (Å²) >= 11 is 0.528. The molecule has 1 nitrogen and oxygen atoms in total. The van der Waals surface area contributed by atoms with E-state index in [1.165, 1.54) is 10.0 Å². The van der Waals surface area contributed by atoms with Crippen molar-refractivity contribution in [1.29, 1.82) is 0 Å². The number of methoxy groups -OCH3 is 1. The first kappa shape index (κ1) is 10.5. The van der Waals surface area contributed by atoms with Crippen molar-refractivity contribution in [1.82, 2.24) is 0 Å². The van der Waals surface area contributed by atoms with Crippen molar-refractivity contribution >= 4 is 19.4 Å². The fourth-order valence-corrected chi connectivity index (χ4v) is 2.35. The third kappa shape index (κ3) is 3.35. The van der Waals surface area contributed by atoms with Gasteiger partial charge in [0.05, 0.1) is 0 Å². The Kier molecular flexibility index (Phi) is 4.84. The number of benzene rings is 1. The van der Waals surface area contributed by atoms with Gasteiger partial charge in [0.15, 0.2) is 0 Å². The quantitative estimate of drug-likeness (QED) is 0.735. The molecular formula is C11H14OSe. The van der Waals surface area contributed by atoms with Crippen LogP contribution in [0.4, 0.5) is 0 Å². The van der Waals surface area contributed by atoms with Crippen LogP contribution in [0.5, 0.6) is 0 Å². The van der Waals surface area contributed by atoms with Gasteiger partial charge in [0.25, 0.3) is 0 Å². The van der Waals surface area contributed by atoms with Crippen molar-refractivity contribution in [2.75, 3.05) is 13.7 Å². The monoisotopic (exact) mass is 242 g/mol. The van der Waals surface area contributed by atoms with Gasteiger partial charge in [0.2, 0.25) is 0 Å². The van der Waals surface area contributed by atoms with E-state index in [1.807, 2.05) is 6.07 Å². The van der Waals surface area contributed by atoms with Gasteiger partial charge in [-0.15, -0.1) is 0 Å². The van der Waals surface area contributed by atoms with Crippen LogP contribution in [0.25, 0.3) is 4.47 Å². The Morgan fingerprint density at radius 3 is 2.62 bits per heavy atom. The van der Waals surface area contributed by atoms with Crippen LogP contribution in [0.1, 0.15) is 5.56 Å². The molecule has 0 spiro atoms. The van der Waals surface area contributed by atoms with Gasteiger partial charge in [0.1, 0.15) is 0 Å². The van der Waals surface area contributed by atoms with Crippen LogP contribution in [-0.2, 0) is 4.74 Å². The van der Waals surface area contributed by atoms with Crippen molar-refractivity contribution in [3.63, 3.8) is 0 Å². The molecule has 1 rings (SSSR count). The maximum atomic E-state index is 5.03. The number of hydrogen-bond acceptors (Lipinski definition) is 1. The Balaban J connectivity index is 2.78. The first-order valence-corrected chi connectivity index (χ1v) is 6.74. The second-order valence-electron chi connectivity index (χ2n) is 2.59. The molecule has 0 saturated carbocycles. The molecule has 0 heterocycles. The second kappa shape index (κ2) is 5.98. The Hall–Kier alpha value is -0.561. The van der Waals surface area contributed by atoms with Gasteiger partial charge in [-0.2, -0.15) is 0 Å². The van der Waals surface area contributed by atoms with Gasteiger partial charge in [-0.3, -0.25) is 0 Å². The van der Waals surface area contributed by atoms with Gasteiger partial charge in [0, 0.05) is 0 Å². The first-order valence-electron chi connectivity index (χ1n) is 4.17. The minimum atomic E-state index is 0.528. The summed E-state index contributed by atoms with van der Waals surface area (Å²) < 4.78 is 6.44. The van der Waals surface area contributed by atoms with Crippen LogP contribution in [0.2, 0.25) is 5.82 Å². The zero-order valence-corrected chi connectivity index (χ0v) is 9.70. The van der Waals surface area contributed by atoms with Gasteiger partial charge < -0.3 is 0 Å². The molecule has 0 aliphatic heterocycles. The number of hydrogen-bond donors (Lipinski definition) is 0. The van der Waals surface area contributed by atoms with Crippen molar-refractivity contribution in [3.8, 4) is 0 Å². The standard InChI is InChI=1S/C11H14OSe/c1-12-9-8-11(13-2)10-6-4-3-5-7-10/h3-8H,9H2,1-2H3/b11-8-. The van der Waals surface area contributed by atoms with Crippen molar-refractivity contribution in [2.24, 2.45) is 0 Å². The van der Waals surface area contributed by atoms with E-state index in [-0.39, 0.29) is 0 Å². The molecule has 0 bridgehead atoms. The zero-order chi connectivity index (χ0) is 9.52. The first-order chi connectivity index (χ1) is 6.38. The zero-order valence-electron chi connectivity index (χ0n) is 7.99. The normalized spacial score (nSPS) is 11.7. The molecule has 1 aromatic carbocycles. The summed E-state index contributed by atoms with van der Waals surface area (Å²) in [7, 11) is 1.72. The van der Waals surface area contributed by atoms with E-state index >= 15 is 0 Å². The average Bonchev–Trinajstić information content (AvgIpc) is 2.21. The minimum absolute atomic E-state index is 0.528. The molecule has 0 N–H and O–H groups in total. The van der Waals surface area contributed by atoms with Crippen LogP contribution >= 0.6 is 0 Å². The summed E-state index contributed by atoms with van der Waals surface area (Å²) in [6.45, 7) is 0.708. The molecule has 70 valence electrons. The van der Waals surface area contributed by atoms with Gasteiger partial charge in [-0.05, 0) is 0 Å². The third-order valence-electron chi connectivity index (χ3n) is 1.71. The Morgan fingerprint density at radius 1 is 1.38 bits per heavy atom. The van der Waals surface area contributed by atoms with Crippen molar-refractivity contribution < 1.29 is 4.74 Å². The fraction of sp³-hybridized carbons (Fsp3) is 0.273. The fourth-order valence-electron chi connectivity index (χ4n) is 1.08. The molecule has 0 aliphatic carbocycles. The molecule has 0 aliphatic rings. The summed E-state index contributed by atoms with van der Waals surface area (Å²) in [6.07, 6.45) is 2.16. The molecule has 1 aromatic rings. The van der Waals surface area contributed by atoms with Crippen molar-refractivity contribution in [2.45, 2.75) is 5.82 Å². The number of rotatable bonds is 4. The van der Waals surface area contributed by atoms with E-state index in [4.69, 9.17) is 4.74 Å². The second-order valence-corrected chi connectivity index (χ2v) is 4.37. The summed E-state index contributed by atoms with van der Waals surface area (Å²) in [6, 6.07) is 10.5. The van der Waals surface area contributed by atoms with Gasteiger partial charge in [-0.1, -0.05) is 0 Å². The topological polar surface area (TPSA) is 9.23 Å². The average molecular weight is 241 g/mol. The van der Waals surface area contributed by atoms with E-state index in [9.17, 15) is 0 Å². The summed E-state index contributed by atoms with van der Waals surface area (Å²) in [4.78, 5) is 0. The Bertz CT molecular complexity index is 267. The maximum absolute atomic E-state index is 5.03. The van der Waals surface area contributed by atoms with Gasteiger partial charge >= 0.3 is 85.7 Å². The summed E-state index contributed by atoms with van der Waals surface area (Å²) in [5.74, 6) is 2.22. The third-order valence-corrected chi connectivity index (χ3v) is 3.48. The molecule has 0 fully saturated rings. The predicted octanol–water partition coefficient (Wildman–Crippen LogP) is 2.43. The molecule has 0 unspecified atom stereocenters. The molecule has 0 aromatic heterocycles. The van der Waals surface area contributed by atoms with Gasteiger partial charge in [-0.25, -0.2) is 0 Å². The van der Waals surface area contributed by atoms with E-state index in [2.05, 4.69) is 36.2 Å². The molecule has 13 heavy (non-hydrogen) atoms. The van der Waals surface area contributed by atoms with Crippen LogP contribution in [0.15, 0.2) is 36.4 Å². The van der Waals surface area contributed by atoms with Crippen LogP contribution in [0.3, 0.4) is 0 Å². The Labute approximate surface area is 86.0 Å². The predicted molar refractivity (Wildman–Crippen MR) is 57.9 cm³/mol. The molecule has 0 radical (unpaired) electrons. The van der Waals surface area contributed by atoms with Crippen LogP contribution < -0.4 is 0 Å². The SMILES string of the molecule is COC/C=C(\[Se]C)c1ccccc1. The Morgan fingerprint density at radius 2 is 2.08 bits per heavy atom. The summed E-state index contributed by atoms with van der Waals surface area (Å²) in [5.41, 5.74) is 1.32. The van der Waals surface area contributed by atoms with E-state index in [0.29, 0.717) is 21.6 Å². The van der Waals surface area contributed by atoms with Crippen LogP contribution in [-0.4, -0.2) is 28.7 Å². The number of ether oxygens (including phenoxy) is 1. The molecule has 2 heteroatoms. The molecular weight excluding hydrogens is 227 g/mol. The summed E-state index contributed by atoms with van der Waals surface area (Å²) in [5, 5.41) is 0. The van der Waals surface area contributed by atoms with E-state index < -0.39 is 0 Å². The molecule has 0 saturated heterocycles. The van der Waals surface area contributed by atoms with E-state index in [0.717, 1.165) is 0 Å². The van der Waals surface area contributed by atoms with E-state index in [1.54, 1.807) is 7.11 Å². The molecule has 0 amide bonds.